The molecule has 0 saturated heterocycles. The van der Waals surface area contributed by atoms with Gasteiger partial charge in [-0.2, -0.15) is 0 Å². The molecule has 0 spiro atoms. The number of carbonyl (C=O) groups excluding carboxylic acids is 1. The third-order valence-corrected chi connectivity index (χ3v) is 3.40. The van der Waals surface area contributed by atoms with E-state index in [0.29, 0.717) is 6.42 Å². The summed E-state index contributed by atoms with van der Waals surface area (Å²) in [5, 5.41) is 0. The highest BCUT2D eigenvalue weighted by molar-refractivity contribution is 5.93. The van der Waals surface area contributed by atoms with Crippen molar-refractivity contribution >= 4 is 11.6 Å². The van der Waals surface area contributed by atoms with Crippen LogP contribution in [0.3, 0.4) is 0 Å². The molecule has 1 rings (SSSR count). The molecule has 0 heterocycles. The number of rotatable bonds is 4. The molecule has 0 bridgehead atoms. The first kappa shape index (κ1) is 16.7. The standard InChI is InChI=1S/C17H28N2O/c1-12-7-8-15(13(2)9-12)19(6)16(20)10-14(18)11-17(3,4)5/h7-9,14H,10-11,18H2,1-6H3. The summed E-state index contributed by atoms with van der Waals surface area (Å²) in [6, 6.07) is 6.03. The predicted octanol–water partition coefficient (Wildman–Crippen LogP) is 3.42. The Morgan fingerprint density at radius 2 is 1.90 bits per heavy atom. The van der Waals surface area contributed by atoms with Crippen molar-refractivity contribution in [3.05, 3.63) is 29.3 Å². The van der Waals surface area contributed by atoms with Crippen molar-refractivity contribution in [1.29, 1.82) is 0 Å². The zero-order chi connectivity index (χ0) is 15.5. The molecule has 0 radical (unpaired) electrons. The van der Waals surface area contributed by atoms with Gasteiger partial charge in [0.25, 0.3) is 0 Å². The fourth-order valence-corrected chi connectivity index (χ4v) is 2.54. The summed E-state index contributed by atoms with van der Waals surface area (Å²) in [5.74, 6) is 0.0775. The van der Waals surface area contributed by atoms with Gasteiger partial charge in [0.05, 0.1) is 0 Å². The second-order valence-corrected chi connectivity index (χ2v) is 6.97. The maximum absolute atomic E-state index is 12.3. The molecule has 0 aliphatic rings. The average molecular weight is 276 g/mol. The van der Waals surface area contributed by atoms with E-state index < -0.39 is 0 Å². The summed E-state index contributed by atoms with van der Waals surface area (Å²) in [5.41, 5.74) is 9.52. The molecule has 0 aliphatic heterocycles. The number of nitrogens with two attached hydrogens (primary N) is 1. The number of amides is 1. The lowest BCUT2D eigenvalue weighted by Crippen LogP contribution is -2.35. The van der Waals surface area contributed by atoms with Gasteiger partial charge in [-0.15, -0.1) is 0 Å². The lowest BCUT2D eigenvalue weighted by molar-refractivity contribution is -0.118. The highest BCUT2D eigenvalue weighted by atomic mass is 16.2. The molecule has 0 saturated carbocycles. The lowest BCUT2D eigenvalue weighted by Gasteiger charge is -2.25. The molecule has 112 valence electrons. The van der Waals surface area contributed by atoms with Crippen LogP contribution in [0.25, 0.3) is 0 Å². The molecule has 1 unspecified atom stereocenters. The summed E-state index contributed by atoms with van der Waals surface area (Å²) in [6.45, 7) is 10.5. The van der Waals surface area contributed by atoms with Crippen LogP contribution in [0.1, 0.15) is 44.7 Å². The Balaban J connectivity index is 2.72. The van der Waals surface area contributed by atoms with Crippen LogP contribution in [-0.4, -0.2) is 19.0 Å². The first-order valence-corrected chi connectivity index (χ1v) is 7.19. The first-order chi connectivity index (χ1) is 9.10. The van der Waals surface area contributed by atoms with E-state index in [1.807, 2.05) is 26.1 Å². The Morgan fingerprint density at radius 1 is 1.30 bits per heavy atom. The van der Waals surface area contributed by atoms with Gasteiger partial charge in [0, 0.05) is 25.2 Å². The molecule has 3 nitrogen and oxygen atoms in total. The molecular weight excluding hydrogens is 248 g/mol. The highest BCUT2D eigenvalue weighted by Crippen LogP contribution is 2.23. The minimum absolute atomic E-state index is 0.0775. The van der Waals surface area contributed by atoms with Gasteiger partial charge < -0.3 is 10.6 Å². The van der Waals surface area contributed by atoms with E-state index in [9.17, 15) is 4.79 Å². The van der Waals surface area contributed by atoms with E-state index in [4.69, 9.17) is 5.73 Å². The van der Waals surface area contributed by atoms with Crippen LogP contribution in [0.4, 0.5) is 5.69 Å². The smallest absolute Gasteiger partial charge is 0.228 e. The van der Waals surface area contributed by atoms with Crippen molar-refractivity contribution in [2.24, 2.45) is 11.1 Å². The summed E-state index contributed by atoms with van der Waals surface area (Å²) in [6.07, 6.45) is 1.24. The normalized spacial score (nSPS) is 13.2. The van der Waals surface area contributed by atoms with Gasteiger partial charge in [-0.1, -0.05) is 38.5 Å². The van der Waals surface area contributed by atoms with E-state index >= 15 is 0 Å². The Bertz CT molecular complexity index is 474. The third-order valence-electron chi connectivity index (χ3n) is 3.40. The van der Waals surface area contributed by atoms with Crippen molar-refractivity contribution in [3.8, 4) is 0 Å². The van der Waals surface area contributed by atoms with E-state index in [1.165, 1.54) is 5.56 Å². The SMILES string of the molecule is Cc1ccc(N(C)C(=O)CC(N)CC(C)(C)C)c(C)c1. The molecule has 0 aliphatic carbocycles. The second kappa shape index (κ2) is 6.40. The van der Waals surface area contributed by atoms with Crippen LogP contribution in [0.15, 0.2) is 18.2 Å². The van der Waals surface area contributed by atoms with Crippen LogP contribution in [0.2, 0.25) is 0 Å². The molecule has 2 N–H and O–H groups in total. The Morgan fingerprint density at radius 3 is 2.40 bits per heavy atom. The molecule has 20 heavy (non-hydrogen) atoms. The molecule has 1 aromatic rings. The van der Waals surface area contributed by atoms with Gasteiger partial charge in [0.15, 0.2) is 0 Å². The minimum atomic E-state index is -0.0873. The second-order valence-electron chi connectivity index (χ2n) is 6.97. The zero-order valence-electron chi connectivity index (χ0n) is 13.7. The van der Waals surface area contributed by atoms with Crippen molar-refractivity contribution in [2.75, 3.05) is 11.9 Å². The average Bonchev–Trinajstić information content (AvgIpc) is 2.25. The molecule has 3 heteroatoms. The van der Waals surface area contributed by atoms with Crippen molar-refractivity contribution in [2.45, 2.75) is 53.5 Å². The lowest BCUT2D eigenvalue weighted by atomic mass is 9.87. The largest absolute Gasteiger partial charge is 0.327 e. The third kappa shape index (κ3) is 4.97. The molecular formula is C17H28N2O. The van der Waals surface area contributed by atoms with Crippen LogP contribution in [0, 0.1) is 19.3 Å². The quantitative estimate of drug-likeness (QED) is 0.916. The number of hydrogen-bond acceptors (Lipinski definition) is 2. The number of hydrogen-bond donors (Lipinski definition) is 1. The van der Waals surface area contributed by atoms with E-state index in [-0.39, 0.29) is 17.4 Å². The van der Waals surface area contributed by atoms with E-state index in [2.05, 4.69) is 33.8 Å². The summed E-state index contributed by atoms with van der Waals surface area (Å²) >= 11 is 0. The van der Waals surface area contributed by atoms with Crippen molar-refractivity contribution < 1.29 is 4.79 Å². The maximum Gasteiger partial charge on any atom is 0.228 e. The zero-order valence-corrected chi connectivity index (χ0v) is 13.7. The van der Waals surface area contributed by atoms with Crippen LogP contribution < -0.4 is 10.6 Å². The topological polar surface area (TPSA) is 46.3 Å². The Kier molecular flexibility index (Phi) is 5.35. The number of carbonyl (C=O) groups is 1. The number of benzene rings is 1. The van der Waals surface area contributed by atoms with Crippen LogP contribution in [0.5, 0.6) is 0 Å². The van der Waals surface area contributed by atoms with Crippen LogP contribution in [-0.2, 0) is 4.79 Å². The van der Waals surface area contributed by atoms with Crippen molar-refractivity contribution in [1.82, 2.24) is 0 Å². The summed E-state index contributed by atoms with van der Waals surface area (Å²) in [7, 11) is 1.82. The fraction of sp³-hybridized carbons (Fsp3) is 0.588. The van der Waals surface area contributed by atoms with Gasteiger partial charge in [-0.25, -0.2) is 0 Å². The number of aryl methyl sites for hydroxylation is 2. The Labute approximate surface area is 123 Å². The monoisotopic (exact) mass is 276 g/mol. The fourth-order valence-electron chi connectivity index (χ4n) is 2.54. The molecule has 0 fully saturated rings. The molecule has 1 aromatic carbocycles. The van der Waals surface area contributed by atoms with Gasteiger partial charge in [0.2, 0.25) is 5.91 Å². The van der Waals surface area contributed by atoms with E-state index in [0.717, 1.165) is 17.7 Å². The van der Waals surface area contributed by atoms with Crippen molar-refractivity contribution in [3.63, 3.8) is 0 Å². The van der Waals surface area contributed by atoms with Gasteiger partial charge in [-0.3, -0.25) is 4.79 Å². The summed E-state index contributed by atoms with van der Waals surface area (Å²) < 4.78 is 0. The molecule has 0 aromatic heterocycles. The summed E-state index contributed by atoms with van der Waals surface area (Å²) in [4.78, 5) is 14.0. The number of nitrogens with zero attached hydrogens (tertiary/aromatic N) is 1. The van der Waals surface area contributed by atoms with Gasteiger partial charge in [0.1, 0.15) is 0 Å². The minimum Gasteiger partial charge on any atom is -0.327 e. The number of anilines is 1. The highest BCUT2D eigenvalue weighted by Gasteiger charge is 2.21. The first-order valence-electron chi connectivity index (χ1n) is 7.19. The molecule has 1 atom stereocenters. The maximum atomic E-state index is 12.3. The van der Waals surface area contributed by atoms with Gasteiger partial charge in [-0.05, 0) is 37.3 Å². The van der Waals surface area contributed by atoms with Crippen LogP contribution >= 0.6 is 0 Å². The predicted molar refractivity (Wildman–Crippen MR) is 86.0 cm³/mol. The Hall–Kier alpha value is -1.35. The van der Waals surface area contributed by atoms with E-state index in [1.54, 1.807) is 4.90 Å². The van der Waals surface area contributed by atoms with Gasteiger partial charge >= 0.3 is 0 Å². The molecule has 1 amide bonds.